The van der Waals surface area contributed by atoms with Crippen LogP contribution in [0.5, 0.6) is 0 Å². The summed E-state index contributed by atoms with van der Waals surface area (Å²) in [6.07, 6.45) is 2.04. The van der Waals surface area contributed by atoms with Crippen molar-refractivity contribution < 1.29 is 18.0 Å². The van der Waals surface area contributed by atoms with Crippen molar-refractivity contribution in [2.24, 2.45) is 10.7 Å². The van der Waals surface area contributed by atoms with E-state index in [9.17, 15) is 18.0 Å². The van der Waals surface area contributed by atoms with Crippen LogP contribution in [0.4, 0.5) is 13.2 Å². The number of halogens is 3. The summed E-state index contributed by atoms with van der Waals surface area (Å²) in [7, 11) is 0. The molecule has 0 aromatic rings. The quantitative estimate of drug-likeness (QED) is 0.605. The van der Waals surface area contributed by atoms with Crippen LogP contribution in [0.15, 0.2) is 16.6 Å². The molecule has 19 heavy (non-hydrogen) atoms. The van der Waals surface area contributed by atoms with Crippen LogP contribution in [0.1, 0.15) is 13.3 Å². The van der Waals surface area contributed by atoms with E-state index in [1.54, 1.807) is 6.92 Å². The van der Waals surface area contributed by atoms with E-state index in [0.29, 0.717) is 0 Å². The minimum Gasteiger partial charge on any atom is -0.328 e. The first kappa shape index (κ1) is 15.7. The number of likely N-dealkylation sites (tertiary alicyclic amines) is 1. The monoisotopic (exact) mass is 277 g/mol. The van der Waals surface area contributed by atoms with Gasteiger partial charge in [0.25, 0.3) is 11.8 Å². The molecule has 1 rings (SSSR count). The number of amides is 1. The molecular formula is C12H18F3N3O. The summed E-state index contributed by atoms with van der Waals surface area (Å²) >= 11 is 0. The Morgan fingerprint density at radius 2 is 2.26 bits per heavy atom. The third-order valence-corrected chi connectivity index (χ3v) is 3.09. The van der Waals surface area contributed by atoms with Gasteiger partial charge in [0, 0.05) is 25.1 Å². The number of hydrogen-bond acceptors (Lipinski definition) is 3. The molecule has 1 atom stereocenters. The van der Waals surface area contributed by atoms with Gasteiger partial charge in [0.15, 0.2) is 0 Å². The second-order valence-corrected chi connectivity index (χ2v) is 4.24. The molecule has 1 unspecified atom stereocenters. The molecule has 0 aromatic carbocycles. The average Bonchev–Trinajstić information content (AvgIpc) is 2.68. The zero-order chi connectivity index (χ0) is 14.5. The number of hydrogen-bond donors (Lipinski definition) is 1. The molecule has 0 saturated carbocycles. The topological polar surface area (TPSA) is 58.7 Å². The Kier molecular flexibility index (Phi) is 5.53. The standard InChI is InChI=1S/C12H18F3N3O/c1-2-17-8-10-12(14,15)4-6-18(10)11(19)9(7-16)3-5-13/h2-3,10H,4-8,16H2,1H3/b9-3+,17-2?. The first-order chi connectivity index (χ1) is 8.97. The molecule has 1 saturated heterocycles. The molecule has 108 valence electrons. The summed E-state index contributed by atoms with van der Waals surface area (Å²) in [6, 6.07) is -1.29. The highest BCUT2D eigenvalue weighted by atomic mass is 19.3. The van der Waals surface area contributed by atoms with Gasteiger partial charge in [-0.05, 0) is 19.2 Å². The second-order valence-electron chi connectivity index (χ2n) is 4.24. The Hall–Kier alpha value is -1.37. The third-order valence-electron chi connectivity index (χ3n) is 3.09. The lowest BCUT2D eigenvalue weighted by Gasteiger charge is -2.27. The first-order valence-electron chi connectivity index (χ1n) is 6.06. The molecule has 1 amide bonds. The number of carbonyl (C=O) groups is 1. The number of aliphatic imine (C=N–C) groups is 1. The largest absolute Gasteiger partial charge is 0.328 e. The summed E-state index contributed by atoms with van der Waals surface area (Å²) < 4.78 is 39.7. The van der Waals surface area contributed by atoms with E-state index in [1.807, 2.05) is 0 Å². The van der Waals surface area contributed by atoms with E-state index in [-0.39, 0.29) is 25.2 Å². The van der Waals surface area contributed by atoms with Crippen molar-refractivity contribution in [3.63, 3.8) is 0 Å². The van der Waals surface area contributed by atoms with Gasteiger partial charge >= 0.3 is 0 Å². The molecule has 0 aromatic heterocycles. The number of carbonyl (C=O) groups excluding carboxylic acids is 1. The second kappa shape index (κ2) is 6.70. The highest BCUT2D eigenvalue weighted by Crippen LogP contribution is 2.34. The maximum atomic E-state index is 13.7. The molecule has 2 N–H and O–H groups in total. The fraction of sp³-hybridized carbons (Fsp3) is 0.667. The summed E-state index contributed by atoms with van der Waals surface area (Å²) in [5.41, 5.74) is 5.36. The molecule has 1 aliphatic rings. The number of alkyl halides is 3. The normalized spacial score (nSPS) is 23.3. The zero-order valence-electron chi connectivity index (χ0n) is 10.8. The van der Waals surface area contributed by atoms with E-state index in [1.165, 1.54) is 6.21 Å². The van der Waals surface area contributed by atoms with Crippen LogP contribution in [0, 0.1) is 0 Å². The van der Waals surface area contributed by atoms with Crippen molar-refractivity contribution in [3.8, 4) is 0 Å². The van der Waals surface area contributed by atoms with E-state index >= 15 is 0 Å². The minimum atomic E-state index is -2.97. The summed E-state index contributed by atoms with van der Waals surface area (Å²) in [5, 5.41) is 0. The van der Waals surface area contributed by atoms with E-state index in [4.69, 9.17) is 5.73 Å². The highest BCUT2D eigenvalue weighted by molar-refractivity contribution is 5.94. The zero-order valence-corrected chi connectivity index (χ0v) is 10.8. The Morgan fingerprint density at radius 1 is 1.58 bits per heavy atom. The van der Waals surface area contributed by atoms with Gasteiger partial charge in [-0.25, -0.2) is 13.2 Å². The van der Waals surface area contributed by atoms with Crippen molar-refractivity contribution in [2.75, 3.05) is 26.3 Å². The minimum absolute atomic E-state index is 0.0191. The highest BCUT2D eigenvalue weighted by Gasteiger charge is 2.50. The fourth-order valence-electron chi connectivity index (χ4n) is 2.04. The molecular weight excluding hydrogens is 259 g/mol. The Labute approximate surface area is 110 Å². The molecule has 1 fully saturated rings. The number of nitrogens with zero attached hydrogens (tertiary/aromatic N) is 2. The van der Waals surface area contributed by atoms with Gasteiger partial charge in [-0.15, -0.1) is 0 Å². The maximum Gasteiger partial charge on any atom is 0.271 e. The van der Waals surface area contributed by atoms with Crippen LogP contribution >= 0.6 is 0 Å². The van der Waals surface area contributed by atoms with Gasteiger partial charge in [-0.1, -0.05) is 0 Å². The van der Waals surface area contributed by atoms with Gasteiger partial charge < -0.3 is 10.6 Å². The molecule has 0 aliphatic carbocycles. The molecule has 0 radical (unpaired) electrons. The Bertz CT molecular complexity index is 382. The first-order valence-corrected chi connectivity index (χ1v) is 6.06. The van der Waals surface area contributed by atoms with Gasteiger partial charge in [-0.3, -0.25) is 9.79 Å². The van der Waals surface area contributed by atoms with E-state index in [2.05, 4.69) is 4.99 Å². The Balaban J connectivity index is 2.91. The number of nitrogens with two attached hydrogens (primary N) is 1. The Morgan fingerprint density at radius 3 is 2.79 bits per heavy atom. The van der Waals surface area contributed by atoms with Crippen LogP contribution in [-0.4, -0.2) is 55.3 Å². The summed E-state index contributed by atoms with van der Waals surface area (Å²) in [4.78, 5) is 16.9. The lowest BCUT2D eigenvalue weighted by molar-refractivity contribution is -0.131. The molecule has 4 nitrogen and oxygen atoms in total. The van der Waals surface area contributed by atoms with Crippen LogP contribution < -0.4 is 5.73 Å². The third kappa shape index (κ3) is 3.56. The lowest BCUT2D eigenvalue weighted by Crippen LogP contribution is -2.45. The maximum absolute atomic E-state index is 13.7. The van der Waals surface area contributed by atoms with E-state index in [0.717, 1.165) is 11.0 Å². The fourth-order valence-corrected chi connectivity index (χ4v) is 2.04. The van der Waals surface area contributed by atoms with E-state index < -0.39 is 31.0 Å². The molecule has 7 heteroatoms. The van der Waals surface area contributed by atoms with Crippen molar-refractivity contribution in [1.82, 2.24) is 4.90 Å². The van der Waals surface area contributed by atoms with Crippen molar-refractivity contribution in [1.29, 1.82) is 0 Å². The average molecular weight is 277 g/mol. The SMILES string of the molecule is CC=NCC1N(C(=O)/C(=C/CF)CN)CCC1(F)F. The number of rotatable bonds is 5. The summed E-state index contributed by atoms with van der Waals surface area (Å²) in [6.45, 7) is 0.366. The van der Waals surface area contributed by atoms with Gasteiger partial charge in [-0.2, -0.15) is 0 Å². The predicted molar refractivity (Wildman–Crippen MR) is 67.2 cm³/mol. The van der Waals surface area contributed by atoms with Crippen molar-refractivity contribution in [2.45, 2.75) is 25.3 Å². The molecule has 0 spiro atoms. The van der Waals surface area contributed by atoms with Crippen LogP contribution in [0.3, 0.4) is 0 Å². The predicted octanol–water partition coefficient (Wildman–Crippen LogP) is 1.17. The smallest absolute Gasteiger partial charge is 0.271 e. The summed E-state index contributed by atoms with van der Waals surface area (Å²) in [5.74, 6) is -3.61. The van der Waals surface area contributed by atoms with Crippen molar-refractivity contribution in [3.05, 3.63) is 11.6 Å². The van der Waals surface area contributed by atoms with Gasteiger partial charge in [0.1, 0.15) is 12.7 Å². The molecule has 0 bridgehead atoms. The van der Waals surface area contributed by atoms with Crippen molar-refractivity contribution >= 4 is 12.1 Å². The number of allylic oxidation sites excluding steroid dienone is 1. The molecule has 1 heterocycles. The van der Waals surface area contributed by atoms with Crippen LogP contribution in [0.25, 0.3) is 0 Å². The van der Waals surface area contributed by atoms with Crippen LogP contribution in [0.2, 0.25) is 0 Å². The van der Waals surface area contributed by atoms with Crippen LogP contribution in [-0.2, 0) is 4.79 Å². The lowest BCUT2D eigenvalue weighted by atomic mass is 10.1. The van der Waals surface area contributed by atoms with Gasteiger partial charge in [0.2, 0.25) is 0 Å². The molecule has 1 aliphatic heterocycles. The van der Waals surface area contributed by atoms with Gasteiger partial charge in [0.05, 0.1) is 6.54 Å².